The van der Waals surface area contributed by atoms with E-state index in [2.05, 4.69) is 5.32 Å². The highest BCUT2D eigenvalue weighted by atomic mass is 35.5. The van der Waals surface area contributed by atoms with E-state index in [1.54, 1.807) is 6.92 Å². The summed E-state index contributed by atoms with van der Waals surface area (Å²) >= 11 is 5.82. The Morgan fingerprint density at radius 2 is 2.10 bits per heavy atom. The molecule has 0 saturated heterocycles. The summed E-state index contributed by atoms with van der Waals surface area (Å²) in [6, 6.07) is 1.81. The minimum atomic E-state index is -4.18. The van der Waals surface area contributed by atoms with E-state index in [0.29, 0.717) is 0 Å². The average molecular weight is 320 g/mol. The van der Waals surface area contributed by atoms with Crippen LogP contribution in [0.1, 0.15) is 13.8 Å². The zero-order valence-electron chi connectivity index (χ0n) is 10.7. The summed E-state index contributed by atoms with van der Waals surface area (Å²) in [5, 5.41) is 2.62. The number of ether oxygens (including phenoxy) is 1. The van der Waals surface area contributed by atoms with Crippen LogP contribution in [0.3, 0.4) is 0 Å². The van der Waals surface area contributed by atoms with Crippen molar-refractivity contribution in [3.63, 3.8) is 0 Å². The number of hydrogen-bond acceptors (Lipinski definition) is 5. The first kappa shape index (κ1) is 14.8. The molecule has 0 saturated carbocycles. The van der Waals surface area contributed by atoms with Gasteiger partial charge in [0.1, 0.15) is 5.82 Å². The molecule has 0 aliphatic carbocycles. The molecule has 5 nitrogen and oxygen atoms in total. The Labute approximate surface area is 120 Å². The van der Waals surface area contributed by atoms with Crippen molar-refractivity contribution in [1.82, 2.24) is 0 Å². The minimum absolute atomic E-state index is 0.0297. The molecule has 1 aliphatic rings. The lowest BCUT2D eigenvalue weighted by Crippen LogP contribution is -2.25. The summed E-state index contributed by atoms with van der Waals surface area (Å²) in [7, 11) is -4.18. The van der Waals surface area contributed by atoms with Gasteiger partial charge < -0.3 is 10.1 Å². The van der Waals surface area contributed by atoms with Gasteiger partial charge in [-0.25, -0.2) is 17.6 Å². The molecule has 20 heavy (non-hydrogen) atoms. The van der Waals surface area contributed by atoms with Crippen molar-refractivity contribution in [2.24, 2.45) is 0 Å². The monoisotopic (exact) mass is 319 g/mol. The smallest absolute Gasteiger partial charge is 0.351 e. The van der Waals surface area contributed by atoms with E-state index < -0.39 is 26.5 Å². The molecule has 0 amide bonds. The standard InChI is InChI=1S/C12H11ClFNO4S/c1-3-19-12(16)11-6(2)15-10-8(13)4-7(14)5-9(10)20(11,17)18/h4-5,15H,3H2,1-2H3. The fourth-order valence-corrected chi connectivity index (χ4v) is 3.86. The van der Waals surface area contributed by atoms with Gasteiger partial charge in [0.15, 0.2) is 4.91 Å². The number of nitrogens with one attached hydrogen (secondary N) is 1. The van der Waals surface area contributed by atoms with Crippen molar-refractivity contribution in [2.45, 2.75) is 18.7 Å². The van der Waals surface area contributed by atoms with Gasteiger partial charge in [0, 0.05) is 5.70 Å². The fourth-order valence-electron chi connectivity index (χ4n) is 1.90. The SMILES string of the molecule is CCOC(=O)C1=C(C)Nc2c(Cl)cc(F)cc2S1(=O)=O. The number of halogens is 2. The molecule has 0 spiro atoms. The Hall–Kier alpha value is -1.60. The Balaban J connectivity index is 2.69. The highest BCUT2D eigenvalue weighted by Crippen LogP contribution is 2.39. The first-order valence-corrected chi connectivity index (χ1v) is 7.54. The summed E-state index contributed by atoms with van der Waals surface area (Å²) in [5.41, 5.74) is 0.142. The highest BCUT2D eigenvalue weighted by molar-refractivity contribution is 7.96. The van der Waals surface area contributed by atoms with Crippen LogP contribution in [0.2, 0.25) is 5.02 Å². The van der Waals surface area contributed by atoms with Crippen molar-refractivity contribution < 1.29 is 22.3 Å². The van der Waals surface area contributed by atoms with Crippen LogP contribution in [0.15, 0.2) is 27.6 Å². The molecule has 8 heteroatoms. The summed E-state index contributed by atoms with van der Waals surface area (Å²) in [4.78, 5) is 10.9. The number of esters is 1. The van der Waals surface area contributed by atoms with Crippen LogP contribution in [-0.2, 0) is 19.4 Å². The van der Waals surface area contributed by atoms with Crippen molar-refractivity contribution >= 4 is 33.1 Å². The summed E-state index contributed by atoms with van der Waals surface area (Å²) < 4.78 is 42.9. The van der Waals surface area contributed by atoms with Gasteiger partial charge in [0.05, 0.1) is 22.2 Å². The highest BCUT2D eigenvalue weighted by Gasteiger charge is 2.37. The second kappa shape index (κ2) is 5.06. The molecule has 1 N–H and O–H groups in total. The van der Waals surface area contributed by atoms with Gasteiger partial charge in [-0.1, -0.05) is 11.6 Å². The van der Waals surface area contributed by atoms with Gasteiger partial charge in [-0.2, -0.15) is 0 Å². The minimum Gasteiger partial charge on any atom is -0.462 e. The summed E-state index contributed by atoms with van der Waals surface area (Å²) in [6.45, 7) is 3.00. The van der Waals surface area contributed by atoms with Crippen molar-refractivity contribution in [2.75, 3.05) is 11.9 Å². The summed E-state index contributed by atoms with van der Waals surface area (Å²) in [6.07, 6.45) is 0. The van der Waals surface area contributed by atoms with Gasteiger partial charge in [0.25, 0.3) is 0 Å². The molecule has 0 fully saturated rings. The van der Waals surface area contributed by atoms with Gasteiger partial charge in [-0.15, -0.1) is 0 Å². The number of allylic oxidation sites excluding steroid dienone is 1. The van der Waals surface area contributed by atoms with E-state index in [9.17, 15) is 17.6 Å². The molecule has 2 rings (SSSR count). The maximum atomic E-state index is 13.4. The Morgan fingerprint density at radius 3 is 2.70 bits per heavy atom. The second-order valence-electron chi connectivity index (χ2n) is 4.06. The molecule has 1 aliphatic heterocycles. The van der Waals surface area contributed by atoms with E-state index in [4.69, 9.17) is 16.3 Å². The number of fused-ring (bicyclic) bond motifs is 1. The van der Waals surface area contributed by atoms with Gasteiger partial charge in [-0.3, -0.25) is 0 Å². The molecule has 0 atom stereocenters. The predicted molar refractivity (Wildman–Crippen MR) is 71.6 cm³/mol. The number of rotatable bonds is 2. The Bertz CT molecular complexity index is 727. The maximum Gasteiger partial charge on any atom is 0.351 e. The van der Waals surface area contributed by atoms with Crippen molar-refractivity contribution in [3.8, 4) is 0 Å². The second-order valence-corrected chi connectivity index (χ2v) is 6.33. The number of sulfone groups is 1. The molecule has 1 aromatic rings. The third-order valence-corrected chi connectivity index (χ3v) is 4.90. The molecule has 0 bridgehead atoms. The quantitative estimate of drug-likeness (QED) is 0.848. The van der Waals surface area contributed by atoms with Gasteiger partial charge in [-0.05, 0) is 26.0 Å². The average Bonchev–Trinajstić information content (AvgIpc) is 2.31. The van der Waals surface area contributed by atoms with Gasteiger partial charge in [0.2, 0.25) is 9.84 Å². The van der Waals surface area contributed by atoms with E-state index in [0.717, 1.165) is 12.1 Å². The fraction of sp³-hybridized carbons (Fsp3) is 0.250. The topological polar surface area (TPSA) is 72.5 Å². The molecule has 0 aromatic heterocycles. The van der Waals surface area contributed by atoms with Crippen molar-refractivity contribution in [1.29, 1.82) is 0 Å². The lowest BCUT2D eigenvalue weighted by Gasteiger charge is -2.22. The van der Waals surface area contributed by atoms with Crippen molar-refractivity contribution in [3.05, 3.63) is 33.6 Å². The third-order valence-electron chi connectivity index (χ3n) is 2.69. The van der Waals surface area contributed by atoms with E-state index in [1.807, 2.05) is 0 Å². The van der Waals surface area contributed by atoms with Crippen LogP contribution in [0.4, 0.5) is 10.1 Å². The number of benzene rings is 1. The van der Waals surface area contributed by atoms with Crippen LogP contribution in [0.25, 0.3) is 0 Å². The molecule has 1 aromatic carbocycles. The first-order chi connectivity index (χ1) is 9.28. The Morgan fingerprint density at radius 1 is 1.45 bits per heavy atom. The largest absolute Gasteiger partial charge is 0.462 e. The predicted octanol–water partition coefficient (Wildman–Crippen LogP) is 2.47. The normalized spacial score (nSPS) is 16.4. The van der Waals surface area contributed by atoms with E-state index in [1.165, 1.54) is 6.92 Å². The van der Waals surface area contributed by atoms with E-state index in [-0.39, 0.29) is 27.9 Å². The Kier molecular flexibility index (Phi) is 3.75. The van der Waals surface area contributed by atoms with E-state index >= 15 is 0 Å². The van der Waals surface area contributed by atoms with Crippen LogP contribution in [-0.4, -0.2) is 21.0 Å². The number of carbonyl (C=O) groups excluding carboxylic acids is 1. The van der Waals surface area contributed by atoms with Gasteiger partial charge >= 0.3 is 5.97 Å². The molecular weight excluding hydrogens is 309 g/mol. The molecule has 108 valence electrons. The van der Waals surface area contributed by atoms with Crippen LogP contribution in [0.5, 0.6) is 0 Å². The lowest BCUT2D eigenvalue weighted by molar-refractivity contribution is -0.137. The molecule has 0 radical (unpaired) electrons. The van der Waals surface area contributed by atoms with Crippen LogP contribution < -0.4 is 5.32 Å². The number of hydrogen-bond donors (Lipinski definition) is 1. The third kappa shape index (κ3) is 2.27. The zero-order chi connectivity index (χ0) is 15.1. The van der Waals surface area contributed by atoms with Crippen LogP contribution >= 0.6 is 11.6 Å². The van der Waals surface area contributed by atoms with Crippen LogP contribution in [0, 0.1) is 5.82 Å². The molecular formula is C12H11ClFNO4S. The maximum absolute atomic E-state index is 13.4. The zero-order valence-corrected chi connectivity index (χ0v) is 12.2. The summed E-state index contributed by atoms with van der Waals surface area (Å²) in [5.74, 6) is -1.79. The number of anilines is 1. The molecule has 0 unspecified atom stereocenters. The lowest BCUT2D eigenvalue weighted by atomic mass is 10.2. The molecule has 1 heterocycles. The number of carbonyl (C=O) groups is 1. The first-order valence-electron chi connectivity index (χ1n) is 5.68.